The van der Waals surface area contributed by atoms with Crippen LogP contribution in [0, 0.1) is 6.92 Å². The molecule has 0 saturated carbocycles. The third kappa shape index (κ3) is 2.69. The number of benzene rings is 1. The molecule has 5 nitrogen and oxygen atoms in total. The van der Waals surface area contributed by atoms with E-state index in [2.05, 4.69) is 20.4 Å². The van der Waals surface area contributed by atoms with Crippen molar-refractivity contribution in [2.75, 3.05) is 11.9 Å². The minimum atomic E-state index is 0.754. The van der Waals surface area contributed by atoms with Gasteiger partial charge < -0.3 is 5.32 Å². The summed E-state index contributed by atoms with van der Waals surface area (Å²) in [5.74, 6) is 0.817. The molecule has 0 unspecified atom stereocenters. The van der Waals surface area contributed by atoms with E-state index in [-0.39, 0.29) is 0 Å². The van der Waals surface area contributed by atoms with Gasteiger partial charge in [0.05, 0.1) is 11.1 Å². The molecular formula is C15H16ClN5. The third-order valence-corrected chi connectivity index (χ3v) is 3.81. The molecule has 108 valence electrons. The van der Waals surface area contributed by atoms with Crippen LogP contribution in [0.1, 0.15) is 11.3 Å². The van der Waals surface area contributed by atoms with Crippen LogP contribution in [0.2, 0.25) is 5.02 Å². The number of nitrogens with one attached hydrogen (secondary N) is 1. The molecule has 1 N–H and O–H groups in total. The van der Waals surface area contributed by atoms with Crippen molar-refractivity contribution in [1.82, 2.24) is 19.7 Å². The van der Waals surface area contributed by atoms with E-state index in [1.54, 1.807) is 11.0 Å². The first-order chi connectivity index (χ1) is 10.2. The van der Waals surface area contributed by atoms with E-state index < -0.39 is 0 Å². The number of anilines is 1. The van der Waals surface area contributed by atoms with E-state index in [4.69, 9.17) is 11.6 Å². The predicted octanol–water partition coefficient (Wildman–Crippen LogP) is 2.98. The zero-order valence-electron chi connectivity index (χ0n) is 12.0. The molecule has 0 radical (unpaired) electrons. The number of aromatic nitrogens is 4. The largest absolute Gasteiger partial charge is 0.369 e. The Hall–Kier alpha value is -2.14. The highest BCUT2D eigenvalue weighted by Crippen LogP contribution is 2.22. The fourth-order valence-electron chi connectivity index (χ4n) is 2.43. The minimum Gasteiger partial charge on any atom is -0.369 e. The van der Waals surface area contributed by atoms with Gasteiger partial charge in [-0.05, 0) is 25.0 Å². The van der Waals surface area contributed by atoms with Crippen LogP contribution in [0.3, 0.4) is 0 Å². The smallest absolute Gasteiger partial charge is 0.163 e. The number of rotatable bonds is 4. The topological polar surface area (TPSA) is 55.6 Å². The lowest BCUT2D eigenvalue weighted by Crippen LogP contribution is -2.07. The first kappa shape index (κ1) is 13.8. The number of nitrogens with zero attached hydrogens (tertiary/aromatic N) is 4. The molecule has 3 rings (SSSR count). The van der Waals surface area contributed by atoms with Gasteiger partial charge in [-0.3, -0.25) is 4.68 Å². The molecule has 0 atom stereocenters. The molecule has 3 aromatic rings. The van der Waals surface area contributed by atoms with Crippen molar-refractivity contribution in [2.24, 2.45) is 7.05 Å². The normalized spacial score (nSPS) is 11.0. The Morgan fingerprint density at radius 1 is 1.24 bits per heavy atom. The van der Waals surface area contributed by atoms with Gasteiger partial charge >= 0.3 is 0 Å². The van der Waals surface area contributed by atoms with Crippen molar-refractivity contribution in [3.63, 3.8) is 0 Å². The van der Waals surface area contributed by atoms with E-state index >= 15 is 0 Å². The summed E-state index contributed by atoms with van der Waals surface area (Å²) in [7, 11) is 1.88. The summed E-state index contributed by atoms with van der Waals surface area (Å²) in [6, 6.07) is 7.88. The Morgan fingerprint density at radius 3 is 2.86 bits per heavy atom. The monoisotopic (exact) mass is 301 g/mol. The predicted molar refractivity (Wildman–Crippen MR) is 84.7 cm³/mol. The molecule has 1 aromatic carbocycles. The number of hydrogen-bond acceptors (Lipinski definition) is 4. The van der Waals surface area contributed by atoms with Gasteiger partial charge in [0.15, 0.2) is 5.65 Å². The lowest BCUT2D eigenvalue weighted by atomic mass is 10.1. The molecule has 6 heteroatoms. The van der Waals surface area contributed by atoms with Gasteiger partial charge in [0, 0.05) is 18.6 Å². The number of hydrogen-bond donors (Lipinski definition) is 1. The van der Waals surface area contributed by atoms with Gasteiger partial charge in [0.2, 0.25) is 0 Å². The lowest BCUT2D eigenvalue weighted by molar-refractivity contribution is 0.773. The maximum atomic E-state index is 6.16. The second-order valence-corrected chi connectivity index (χ2v) is 5.31. The SMILES string of the molecule is Cc1nn(C)c2ncnc(NCCc3ccccc3Cl)c12. The van der Waals surface area contributed by atoms with E-state index in [9.17, 15) is 0 Å². The Morgan fingerprint density at radius 2 is 2.05 bits per heavy atom. The highest BCUT2D eigenvalue weighted by atomic mass is 35.5. The van der Waals surface area contributed by atoms with Crippen molar-refractivity contribution < 1.29 is 0 Å². The van der Waals surface area contributed by atoms with Crippen LogP contribution in [0.15, 0.2) is 30.6 Å². The molecule has 0 bridgehead atoms. The van der Waals surface area contributed by atoms with Crippen LogP contribution in [0.25, 0.3) is 11.0 Å². The number of fused-ring (bicyclic) bond motifs is 1. The third-order valence-electron chi connectivity index (χ3n) is 3.44. The molecule has 0 aliphatic carbocycles. The first-order valence-corrected chi connectivity index (χ1v) is 7.16. The van der Waals surface area contributed by atoms with Crippen LogP contribution in [-0.2, 0) is 13.5 Å². The second kappa shape index (κ2) is 5.69. The van der Waals surface area contributed by atoms with E-state index in [0.29, 0.717) is 0 Å². The van der Waals surface area contributed by atoms with Gasteiger partial charge in [0.1, 0.15) is 12.1 Å². The molecule has 0 saturated heterocycles. The quantitative estimate of drug-likeness (QED) is 0.805. The summed E-state index contributed by atoms with van der Waals surface area (Å²) in [5.41, 5.74) is 2.89. The van der Waals surface area contributed by atoms with Crippen LogP contribution < -0.4 is 5.32 Å². The average Bonchev–Trinajstić information content (AvgIpc) is 2.77. The zero-order valence-corrected chi connectivity index (χ0v) is 12.7. The number of halogens is 1. The van der Waals surface area contributed by atoms with Gasteiger partial charge in [-0.25, -0.2) is 9.97 Å². The van der Waals surface area contributed by atoms with E-state index in [0.717, 1.165) is 46.1 Å². The molecule has 0 fully saturated rings. The van der Waals surface area contributed by atoms with Crippen molar-refractivity contribution in [3.05, 3.63) is 46.9 Å². The minimum absolute atomic E-state index is 0.754. The Balaban J connectivity index is 1.78. The Labute approximate surface area is 128 Å². The average molecular weight is 302 g/mol. The summed E-state index contributed by atoms with van der Waals surface area (Å²) in [6.07, 6.45) is 2.39. The van der Waals surface area contributed by atoms with Crippen LogP contribution in [-0.4, -0.2) is 26.3 Å². The maximum absolute atomic E-state index is 6.16. The van der Waals surface area contributed by atoms with Crippen molar-refractivity contribution in [2.45, 2.75) is 13.3 Å². The van der Waals surface area contributed by atoms with Crippen molar-refractivity contribution >= 4 is 28.5 Å². The Kier molecular flexibility index (Phi) is 3.75. The van der Waals surface area contributed by atoms with Gasteiger partial charge in [-0.15, -0.1) is 0 Å². The summed E-state index contributed by atoms with van der Waals surface area (Å²) >= 11 is 6.16. The molecular weight excluding hydrogens is 286 g/mol. The molecule has 0 spiro atoms. The van der Waals surface area contributed by atoms with Crippen molar-refractivity contribution in [3.8, 4) is 0 Å². The van der Waals surface area contributed by atoms with Gasteiger partial charge in [-0.2, -0.15) is 5.10 Å². The highest BCUT2D eigenvalue weighted by molar-refractivity contribution is 6.31. The lowest BCUT2D eigenvalue weighted by Gasteiger charge is -2.08. The highest BCUT2D eigenvalue weighted by Gasteiger charge is 2.11. The van der Waals surface area contributed by atoms with Crippen LogP contribution in [0.4, 0.5) is 5.82 Å². The van der Waals surface area contributed by atoms with E-state index in [1.807, 2.05) is 38.2 Å². The van der Waals surface area contributed by atoms with Crippen LogP contribution in [0.5, 0.6) is 0 Å². The molecule has 2 aromatic heterocycles. The molecule has 0 aliphatic heterocycles. The summed E-state index contributed by atoms with van der Waals surface area (Å²) < 4.78 is 1.77. The van der Waals surface area contributed by atoms with Crippen molar-refractivity contribution in [1.29, 1.82) is 0 Å². The molecule has 21 heavy (non-hydrogen) atoms. The van der Waals surface area contributed by atoms with Gasteiger partial charge in [0.25, 0.3) is 0 Å². The van der Waals surface area contributed by atoms with Crippen LogP contribution >= 0.6 is 11.6 Å². The summed E-state index contributed by atoms with van der Waals surface area (Å²) in [5, 5.41) is 9.51. The maximum Gasteiger partial charge on any atom is 0.163 e. The molecule has 2 heterocycles. The molecule has 0 aliphatic rings. The standard InChI is InChI=1S/C15H16ClN5/c1-10-13-14(18-9-19-15(13)21(2)20-10)17-8-7-11-5-3-4-6-12(11)16/h3-6,9H,7-8H2,1-2H3,(H,17,18,19). The first-order valence-electron chi connectivity index (χ1n) is 6.78. The second-order valence-electron chi connectivity index (χ2n) is 4.90. The Bertz CT molecular complexity index is 781. The number of aryl methyl sites for hydroxylation is 2. The fourth-order valence-corrected chi connectivity index (χ4v) is 2.66. The summed E-state index contributed by atoms with van der Waals surface area (Å²) in [6.45, 7) is 2.72. The molecule has 0 amide bonds. The summed E-state index contributed by atoms with van der Waals surface area (Å²) in [4.78, 5) is 8.60. The fraction of sp³-hybridized carbons (Fsp3) is 0.267. The zero-order chi connectivity index (χ0) is 14.8. The van der Waals surface area contributed by atoms with E-state index in [1.165, 1.54) is 0 Å². The van der Waals surface area contributed by atoms with Gasteiger partial charge in [-0.1, -0.05) is 29.8 Å².